The molecule has 0 aliphatic carbocycles. The van der Waals surface area contributed by atoms with E-state index in [1.807, 2.05) is 0 Å². The predicted octanol–water partition coefficient (Wildman–Crippen LogP) is 5.11. The maximum absolute atomic E-state index is 13.7. The van der Waals surface area contributed by atoms with E-state index < -0.39 is 46.2 Å². The minimum absolute atomic E-state index is 0.140. The topological polar surface area (TPSA) is 86.8 Å². The van der Waals surface area contributed by atoms with Gasteiger partial charge in [0, 0.05) is 18.1 Å². The quantitative estimate of drug-likeness (QED) is 0.361. The van der Waals surface area contributed by atoms with E-state index in [2.05, 4.69) is 5.32 Å². The SMILES string of the molecule is CCNC(=O)[C@H](C)N(Cc1ccccc1Cl)C(=O)CN(c1cccc(C(F)(F)F)c1)S(=O)(=O)c1ccccc1. The van der Waals surface area contributed by atoms with Crippen molar-refractivity contribution in [3.8, 4) is 0 Å². The smallest absolute Gasteiger partial charge is 0.355 e. The number of hydrogen-bond donors (Lipinski definition) is 1. The molecular weight excluding hydrogens is 555 g/mol. The number of likely N-dealkylation sites (N-methyl/N-ethyl adjacent to an activating group) is 1. The highest BCUT2D eigenvalue weighted by Crippen LogP contribution is 2.33. The zero-order valence-electron chi connectivity index (χ0n) is 21.2. The number of alkyl halides is 3. The number of nitrogens with zero attached hydrogens (tertiary/aromatic N) is 2. The van der Waals surface area contributed by atoms with Gasteiger partial charge in [-0.3, -0.25) is 13.9 Å². The number of carbonyl (C=O) groups excluding carboxylic acids is 2. The third-order valence-corrected chi connectivity index (χ3v) is 8.05. The summed E-state index contributed by atoms with van der Waals surface area (Å²) in [5.41, 5.74) is -0.935. The van der Waals surface area contributed by atoms with Gasteiger partial charge in [-0.05, 0) is 55.8 Å². The summed E-state index contributed by atoms with van der Waals surface area (Å²) in [6.07, 6.45) is -4.74. The predicted molar refractivity (Wildman–Crippen MR) is 143 cm³/mol. The lowest BCUT2D eigenvalue weighted by Crippen LogP contribution is -2.51. The van der Waals surface area contributed by atoms with Crippen molar-refractivity contribution >= 4 is 39.1 Å². The van der Waals surface area contributed by atoms with Crippen molar-refractivity contribution in [2.75, 3.05) is 17.4 Å². The molecule has 208 valence electrons. The number of carbonyl (C=O) groups is 2. The molecule has 0 spiro atoms. The largest absolute Gasteiger partial charge is 0.416 e. The monoisotopic (exact) mass is 581 g/mol. The number of hydrogen-bond acceptors (Lipinski definition) is 4. The first-order valence-electron chi connectivity index (χ1n) is 11.9. The van der Waals surface area contributed by atoms with E-state index in [0.717, 1.165) is 17.0 Å². The molecule has 0 unspecified atom stereocenters. The molecule has 3 rings (SSSR count). The fourth-order valence-electron chi connectivity index (χ4n) is 3.80. The van der Waals surface area contributed by atoms with Gasteiger partial charge in [0.2, 0.25) is 11.8 Å². The summed E-state index contributed by atoms with van der Waals surface area (Å²) in [5, 5.41) is 2.95. The summed E-state index contributed by atoms with van der Waals surface area (Å²) >= 11 is 6.28. The van der Waals surface area contributed by atoms with Gasteiger partial charge in [0.05, 0.1) is 16.1 Å². The van der Waals surface area contributed by atoms with E-state index in [1.165, 1.54) is 37.3 Å². The second-order valence-corrected chi connectivity index (χ2v) is 10.8. The van der Waals surface area contributed by atoms with Gasteiger partial charge in [-0.15, -0.1) is 0 Å². The fraction of sp³-hybridized carbons (Fsp3) is 0.259. The number of nitrogens with one attached hydrogen (secondary N) is 1. The maximum atomic E-state index is 13.7. The molecule has 3 aromatic carbocycles. The van der Waals surface area contributed by atoms with Crippen molar-refractivity contribution in [1.29, 1.82) is 0 Å². The van der Waals surface area contributed by atoms with Gasteiger partial charge in [-0.1, -0.05) is 54.1 Å². The van der Waals surface area contributed by atoms with Gasteiger partial charge in [-0.25, -0.2) is 8.42 Å². The summed E-state index contributed by atoms with van der Waals surface area (Å²) < 4.78 is 68.4. The van der Waals surface area contributed by atoms with E-state index in [9.17, 15) is 31.2 Å². The van der Waals surface area contributed by atoms with E-state index in [4.69, 9.17) is 11.6 Å². The second kappa shape index (κ2) is 12.5. The van der Waals surface area contributed by atoms with Gasteiger partial charge in [0.25, 0.3) is 10.0 Å². The van der Waals surface area contributed by atoms with Crippen LogP contribution in [0.25, 0.3) is 0 Å². The Morgan fingerprint density at radius 1 is 0.974 bits per heavy atom. The molecule has 3 aromatic rings. The molecule has 0 fully saturated rings. The van der Waals surface area contributed by atoms with Crippen LogP contribution in [0.3, 0.4) is 0 Å². The molecule has 0 aliphatic rings. The molecule has 1 atom stereocenters. The highest BCUT2D eigenvalue weighted by molar-refractivity contribution is 7.92. The number of sulfonamides is 1. The maximum Gasteiger partial charge on any atom is 0.416 e. The fourth-order valence-corrected chi connectivity index (χ4v) is 5.42. The summed E-state index contributed by atoms with van der Waals surface area (Å²) in [6, 6.07) is 16.3. The third-order valence-electron chi connectivity index (χ3n) is 5.89. The zero-order valence-corrected chi connectivity index (χ0v) is 22.7. The lowest BCUT2D eigenvalue weighted by atomic mass is 10.1. The van der Waals surface area contributed by atoms with Crippen LogP contribution in [0.1, 0.15) is 25.0 Å². The standard InChI is InChI=1S/C27H27ClF3N3O4S/c1-3-32-26(36)19(2)33(17-20-10-7-8-15-24(20)28)25(35)18-34(39(37,38)23-13-5-4-6-14-23)22-12-9-11-21(16-22)27(29,30)31/h4-16,19H,3,17-18H2,1-2H3,(H,32,36)/t19-/m0/s1. The van der Waals surface area contributed by atoms with Crippen molar-refractivity contribution in [3.63, 3.8) is 0 Å². The first-order chi connectivity index (χ1) is 18.4. The molecule has 0 saturated heterocycles. The molecule has 0 radical (unpaired) electrons. The van der Waals surface area contributed by atoms with Crippen molar-refractivity contribution in [1.82, 2.24) is 10.2 Å². The lowest BCUT2D eigenvalue weighted by molar-refractivity contribution is -0.139. The van der Waals surface area contributed by atoms with Crippen LogP contribution in [0.2, 0.25) is 5.02 Å². The molecule has 7 nitrogen and oxygen atoms in total. The van der Waals surface area contributed by atoms with Crippen molar-refractivity contribution < 1.29 is 31.2 Å². The van der Waals surface area contributed by atoms with Crippen molar-refractivity contribution in [3.05, 3.63) is 95.0 Å². The zero-order chi connectivity index (χ0) is 28.8. The summed E-state index contributed by atoms with van der Waals surface area (Å²) in [6.45, 7) is 2.45. The van der Waals surface area contributed by atoms with Gasteiger partial charge >= 0.3 is 6.18 Å². The van der Waals surface area contributed by atoms with Crippen LogP contribution in [0.4, 0.5) is 18.9 Å². The molecule has 39 heavy (non-hydrogen) atoms. The molecular formula is C27H27ClF3N3O4S. The van der Waals surface area contributed by atoms with E-state index in [1.54, 1.807) is 37.3 Å². The average molecular weight is 582 g/mol. The van der Waals surface area contributed by atoms with Crippen LogP contribution < -0.4 is 9.62 Å². The van der Waals surface area contributed by atoms with Crippen LogP contribution in [0, 0.1) is 0 Å². The number of anilines is 1. The normalized spacial score (nSPS) is 12.5. The Hall–Kier alpha value is -3.57. The second-order valence-electron chi connectivity index (χ2n) is 8.56. The summed E-state index contributed by atoms with van der Waals surface area (Å²) in [4.78, 5) is 27.4. The van der Waals surface area contributed by atoms with Crippen LogP contribution >= 0.6 is 11.6 Å². The van der Waals surface area contributed by atoms with Gasteiger partial charge in [-0.2, -0.15) is 13.2 Å². The van der Waals surface area contributed by atoms with Crippen LogP contribution in [-0.2, 0) is 32.3 Å². The minimum Gasteiger partial charge on any atom is -0.355 e. The van der Waals surface area contributed by atoms with Crippen LogP contribution in [0.15, 0.2) is 83.8 Å². The average Bonchev–Trinajstić information content (AvgIpc) is 2.91. The van der Waals surface area contributed by atoms with Crippen molar-refractivity contribution in [2.45, 2.75) is 37.5 Å². The van der Waals surface area contributed by atoms with E-state index in [-0.39, 0.29) is 23.7 Å². The molecule has 0 bridgehead atoms. The highest BCUT2D eigenvalue weighted by Gasteiger charge is 2.35. The Morgan fingerprint density at radius 3 is 2.23 bits per heavy atom. The first-order valence-corrected chi connectivity index (χ1v) is 13.7. The van der Waals surface area contributed by atoms with Crippen molar-refractivity contribution in [2.24, 2.45) is 0 Å². The molecule has 2 amide bonds. The number of benzene rings is 3. The van der Waals surface area contributed by atoms with Gasteiger partial charge < -0.3 is 10.2 Å². The highest BCUT2D eigenvalue weighted by atomic mass is 35.5. The molecule has 0 heterocycles. The van der Waals surface area contributed by atoms with Gasteiger partial charge in [0.15, 0.2) is 0 Å². The molecule has 0 aromatic heterocycles. The summed E-state index contributed by atoms with van der Waals surface area (Å²) in [5.74, 6) is -1.31. The molecule has 1 N–H and O–H groups in total. The Bertz CT molecular complexity index is 1420. The van der Waals surface area contributed by atoms with Crippen LogP contribution in [0.5, 0.6) is 0 Å². The molecule has 0 saturated carbocycles. The third kappa shape index (κ3) is 7.30. The molecule has 0 aliphatic heterocycles. The number of rotatable bonds is 10. The molecule has 12 heteroatoms. The number of amides is 2. The summed E-state index contributed by atoms with van der Waals surface area (Å²) in [7, 11) is -4.49. The Kier molecular flexibility index (Phi) is 9.63. The Balaban J connectivity index is 2.09. The Labute approximate surface area is 230 Å². The van der Waals surface area contributed by atoms with E-state index >= 15 is 0 Å². The number of halogens is 4. The minimum atomic E-state index is -4.74. The lowest BCUT2D eigenvalue weighted by Gasteiger charge is -2.32. The Morgan fingerprint density at radius 2 is 1.62 bits per heavy atom. The van der Waals surface area contributed by atoms with E-state index in [0.29, 0.717) is 21.0 Å². The van der Waals surface area contributed by atoms with Gasteiger partial charge in [0.1, 0.15) is 12.6 Å². The first kappa shape index (κ1) is 30.0. The van der Waals surface area contributed by atoms with Crippen LogP contribution in [-0.4, -0.2) is 44.3 Å².